The van der Waals surface area contributed by atoms with Crippen LogP contribution < -0.4 is 10.2 Å². The Bertz CT molecular complexity index is 1240. The molecule has 0 heterocycles. The number of allylic oxidation sites excluding steroid dienone is 1. The van der Waals surface area contributed by atoms with Gasteiger partial charge in [0.1, 0.15) is 0 Å². The van der Waals surface area contributed by atoms with Crippen LogP contribution in [0.5, 0.6) is 0 Å². The van der Waals surface area contributed by atoms with Crippen LogP contribution in [0, 0.1) is 12.8 Å². The van der Waals surface area contributed by atoms with Gasteiger partial charge in [-0.3, -0.25) is 4.90 Å². The Morgan fingerprint density at radius 3 is 2.02 bits per heavy atom. The van der Waals surface area contributed by atoms with Crippen molar-refractivity contribution in [1.82, 2.24) is 4.90 Å². The second-order valence-corrected chi connectivity index (χ2v) is 11.2. The van der Waals surface area contributed by atoms with Crippen molar-refractivity contribution in [2.75, 3.05) is 45.5 Å². The van der Waals surface area contributed by atoms with E-state index >= 15 is 0 Å². The first-order chi connectivity index (χ1) is 20.1. The highest BCUT2D eigenvalue weighted by atomic mass is 15.1. The monoisotopic (exact) mass is 567 g/mol. The van der Waals surface area contributed by atoms with Gasteiger partial charge in [-0.25, -0.2) is 0 Å². The van der Waals surface area contributed by atoms with Gasteiger partial charge in [0.25, 0.3) is 0 Å². The molecular formula is C39H57N3. The summed E-state index contributed by atoms with van der Waals surface area (Å²) in [5.74, 6) is 0.667. The molecule has 1 N–H and O–H groups in total. The molecule has 2 unspecified atom stereocenters. The van der Waals surface area contributed by atoms with Crippen molar-refractivity contribution in [3.63, 3.8) is 0 Å². The standard InChI is InChI=1S/C15H25N.C14H17N.C8H11N.C2H4/c1-6-8-9-10-14-11-12-15(7-2,13(14)3)16(4)5;1-4-11-9-10-14(15(2)3)13-8-6-5-7-12(11)13;1-7-3-5-8(9-2)6-4-7;1-2/h6-7,14H,1-3,8-12H2,4-5H3;5-10H,4H2,1-3H3;3-6,9H,1-2H3;1-2H2. The first-order valence-electron chi connectivity index (χ1n) is 15.2. The Hall–Kier alpha value is -3.56. The van der Waals surface area contributed by atoms with E-state index in [1.54, 1.807) is 0 Å². The van der Waals surface area contributed by atoms with E-state index in [0.717, 1.165) is 12.8 Å². The van der Waals surface area contributed by atoms with Crippen LogP contribution in [0.3, 0.4) is 0 Å². The molecule has 1 saturated carbocycles. The summed E-state index contributed by atoms with van der Waals surface area (Å²) in [4.78, 5) is 4.43. The van der Waals surface area contributed by atoms with Crippen LogP contribution in [0.4, 0.5) is 11.4 Å². The van der Waals surface area contributed by atoms with E-state index in [-0.39, 0.29) is 5.54 Å². The molecule has 0 radical (unpaired) electrons. The fraction of sp³-hybridized carbons (Fsp3) is 0.385. The SMILES string of the molecule is C=C.C=CCCCC1CCC(C=C)(N(C)C)C1=C.CCc1ccc(N(C)C)c2ccccc12.CNc1ccc(C)cc1. The second kappa shape index (κ2) is 18.8. The van der Waals surface area contributed by atoms with Crippen LogP contribution in [0.15, 0.2) is 111 Å². The molecule has 3 aromatic rings. The summed E-state index contributed by atoms with van der Waals surface area (Å²) >= 11 is 0. The third-order valence-corrected chi connectivity index (χ3v) is 8.21. The molecule has 0 aliphatic heterocycles. The quantitative estimate of drug-likeness (QED) is 0.205. The number of rotatable bonds is 9. The fourth-order valence-corrected chi connectivity index (χ4v) is 5.60. The average Bonchev–Trinajstić information content (AvgIpc) is 3.34. The molecule has 1 aliphatic carbocycles. The molecule has 2 atom stereocenters. The second-order valence-electron chi connectivity index (χ2n) is 11.2. The van der Waals surface area contributed by atoms with Crippen LogP contribution in [0.25, 0.3) is 10.8 Å². The topological polar surface area (TPSA) is 18.5 Å². The Labute approximate surface area is 258 Å². The predicted molar refractivity (Wildman–Crippen MR) is 192 cm³/mol. The van der Waals surface area contributed by atoms with Crippen LogP contribution >= 0.6 is 0 Å². The normalized spacial score (nSPS) is 17.1. The first-order valence-corrected chi connectivity index (χ1v) is 15.2. The molecule has 228 valence electrons. The summed E-state index contributed by atoms with van der Waals surface area (Å²) in [6, 6.07) is 21.4. The van der Waals surface area contributed by atoms with E-state index in [9.17, 15) is 0 Å². The zero-order valence-electron chi connectivity index (χ0n) is 27.7. The average molecular weight is 568 g/mol. The lowest BCUT2D eigenvalue weighted by Gasteiger charge is -2.35. The lowest BCUT2D eigenvalue weighted by molar-refractivity contribution is 0.254. The number of unbranched alkanes of at least 4 members (excludes halogenated alkanes) is 1. The van der Waals surface area contributed by atoms with Crippen LogP contribution in [0.2, 0.25) is 0 Å². The van der Waals surface area contributed by atoms with E-state index in [0.29, 0.717) is 5.92 Å². The number of hydrogen-bond donors (Lipinski definition) is 1. The van der Waals surface area contributed by atoms with Crippen molar-refractivity contribution >= 4 is 22.1 Å². The summed E-state index contributed by atoms with van der Waals surface area (Å²) in [6.07, 6.45) is 11.2. The Kier molecular flexibility index (Phi) is 16.3. The van der Waals surface area contributed by atoms with Gasteiger partial charge in [0, 0.05) is 37.9 Å². The summed E-state index contributed by atoms with van der Waals surface area (Å²) < 4.78 is 0. The van der Waals surface area contributed by atoms with Gasteiger partial charge in [-0.2, -0.15) is 0 Å². The smallest absolute Gasteiger partial charge is 0.0597 e. The molecule has 0 amide bonds. The van der Waals surface area contributed by atoms with Crippen LogP contribution in [0.1, 0.15) is 50.2 Å². The van der Waals surface area contributed by atoms with Crippen molar-refractivity contribution in [2.45, 2.75) is 57.9 Å². The molecule has 4 rings (SSSR count). The fourth-order valence-electron chi connectivity index (χ4n) is 5.60. The van der Waals surface area contributed by atoms with Gasteiger partial charge < -0.3 is 10.2 Å². The third kappa shape index (κ3) is 9.77. The van der Waals surface area contributed by atoms with Gasteiger partial charge in [0.15, 0.2) is 0 Å². The van der Waals surface area contributed by atoms with Gasteiger partial charge >= 0.3 is 0 Å². The number of benzene rings is 3. The van der Waals surface area contributed by atoms with Crippen LogP contribution in [-0.2, 0) is 6.42 Å². The molecule has 1 aliphatic rings. The molecule has 1 fully saturated rings. The molecule has 0 saturated heterocycles. The third-order valence-electron chi connectivity index (χ3n) is 8.21. The van der Waals surface area contributed by atoms with E-state index in [1.165, 1.54) is 64.5 Å². The number of aryl methyl sites for hydroxylation is 2. The number of nitrogens with one attached hydrogen (secondary N) is 1. The number of fused-ring (bicyclic) bond motifs is 1. The number of anilines is 2. The summed E-state index contributed by atoms with van der Waals surface area (Å²) in [6.45, 7) is 22.4. The molecule has 0 spiro atoms. The minimum absolute atomic E-state index is 0.0405. The lowest BCUT2D eigenvalue weighted by Crippen LogP contribution is -2.41. The zero-order valence-corrected chi connectivity index (χ0v) is 27.7. The molecule has 3 heteroatoms. The minimum atomic E-state index is 0.0405. The van der Waals surface area contributed by atoms with Crippen molar-refractivity contribution in [3.05, 3.63) is 122 Å². The van der Waals surface area contributed by atoms with Gasteiger partial charge in [0.05, 0.1) is 5.54 Å². The number of hydrogen-bond acceptors (Lipinski definition) is 3. The van der Waals surface area contributed by atoms with Gasteiger partial charge in [-0.15, -0.1) is 26.3 Å². The maximum absolute atomic E-state index is 4.32. The molecule has 0 aromatic heterocycles. The predicted octanol–water partition coefficient (Wildman–Crippen LogP) is 10.1. The summed E-state index contributed by atoms with van der Waals surface area (Å²) in [5, 5.41) is 5.78. The van der Waals surface area contributed by atoms with Gasteiger partial charge in [-0.1, -0.05) is 79.3 Å². The van der Waals surface area contributed by atoms with E-state index in [2.05, 4.69) is 157 Å². The largest absolute Gasteiger partial charge is 0.388 e. The van der Waals surface area contributed by atoms with E-state index in [1.807, 2.05) is 13.1 Å². The molecule has 3 aromatic carbocycles. The summed E-state index contributed by atoms with van der Waals surface area (Å²) in [5.41, 5.74) is 6.59. The van der Waals surface area contributed by atoms with Gasteiger partial charge in [-0.05, 0) is 94.6 Å². The molecule has 42 heavy (non-hydrogen) atoms. The molecule has 3 nitrogen and oxygen atoms in total. The first kappa shape index (κ1) is 36.5. The highest BCUT2D eigenvalue weighted by Crippen LogP contribution is 2.44. The Balaban J connectivity index is 0.000000316. The highest BCUT2D eigenvalue weighted by molar-refractivity contribution is 5.96. The molecular weight excluding hydrogens is 510 g/mol. The highest BCUT2D eigenvalue weighted by Gasteiger charge is 2.41. The molecule has 0 bridgehead atoms. The Morgan fingerprint density at radius 1 is 0.929 bits per heavy atom. The minimum Gasteiger partial charge on any atom is -0.388 e. The number of nitrogens with zero attached hydrogens (tertiary/aromatic N) is 2. The Morgan fingerprint density at radius 2 is 1.55 bits per heavy atom. The lowest BCUT2D eigenvalue weighted by atomic mass is 9.87. The van der Waals surface area contributed by atoms with E-state index in [4.69, 9.17) is 0 Å². The van der Waals surface area contributed by atoms with E-state index < -0.39 is 0 Å². The summed E-state index contributed by atoms with van der Waals surface area (Å²) in [7, 11) is 10.4. The van der Waals surface area contributed by atoms with Crippen LogP contribution in [-0.4, -0.2) is 45.7 Å². The van der Waals surface area contributed by atoms with Crippen molar-refractivity contribution in [3.8, 4) is 0 Å². The van der Waals surface area contributed by atoms with Gasteiger partial charge in [0.2, 0.25) is 0 Å². The van der Waals surface area contributed by atoms with Crippen molar-refractivity contribution < 1.29 is 0 Å². The maximum Gasteiger partial charge on any atom is 0.0597 e. The van der Waals surface area contributed by atoms with Crippen molar-refractivity contribution in [2.24, 2.45) is 5.92 Å². The van der Waals surface area contributed by atoms with Crippen molar-refractivity contribution in [1.29, 1.82) is 0 Å². The number of likely N-dealkylation sites (N-methyl/N-ethyl adjacent to an activating group) is 1. The maximum atomic E-state index is 4.32. The zero-order chi connectivity index (χ0) is 31.7.